The third-order valence-corrected chi connectivity index (χ3v) is 4.74. The molecule has 0 saturated heterocycles. The highest BCUT2D eigenvalue weighted by Crippen LogP contribution is 2.32. The van der Waals surface area contributed by atoms with Gasteiger partial charge in [-0.2, -0.15) is 0 Å². The van der Waals surface area contributed by atoms with Gasteiger partial charge < -0.3 is 4.57 Å². The predicted molar refractivity (Wildman–Crippen MR) is 95.3 cm³/mol. The molecule has 0 fully saturated rings. The lowest BCUT2D eigenvalue weighted by Gasteiger charge is -2.04. The van der Waals surface area contributed by atoms with Crippen molar-refractivity contribution in [1.82, 2.24) is 14.8 Å². The van der Waals surface area contributed by atoms with Gasteiger partial charge >= 0.3 is 0 Å². The van der Waals surface area contributed by atoms with E-state index in [1.165, 1.54) is 23.9 Å². The van der Waals surface area contributed by atoms with Crippen LogP contribution in [0.4, 0.5) is 11.4 Å². The lowest BCUT2D eigenvalue weighted by atomic mass is 10.1. The van der Waals surface area contributed by atoms with E-state index in [1.807, 2.05) is 12.1 Å². The number of benzene rings is 2. The molecule has 0 bridgehead atoms. The zero-order chi connectivity index (χ0) is 18.8. The summed E-state index contributed by atoms with van der Waals surface area (Å²) in [5.74, 6) is 0.285. The molecule has 0 aliphatic rings. The molecular weight excluding hydrogens is 382 g/mol. The minimum Gasteiger partial charge on any atom is -0.305 e. The average Bonchev–Trinajstić information content (AvgIpc) is 2.97. The Balaban J connectivity index is 2.00. The largest absolute Gasteiger partial charge is 0.305 e. The van der Waals surface area contributed by atoms with Gasteiger partial charge in [0.2, 0.25) is 0 Å². The molecule has 0 N–H and O–H groups in total. The van der Waals surface area contributed by atoms with Gasteiger partial charge in [0.25, 0.3) is 11.4 Å². The lowest BCUT2D eigenvalue weighted by Crippen LogP contribution is -1.98. The molecule has 0 atom stereocenters. The summed E-state index contributed by atoms with van der Waals surface area (Å²) >= 11 is 7.18. The Bertz CT molecular complexity index is 974. The number of hydrogen-bond acceptors (Lipinski definition) is 7. The van der Waals surface area contributed by atoms with Crippen molar-refractivity contribution in [3.8, 4) is 11.4 Å². The van der Waals surface area contributed by atoms with Crippen LogP contribution in [-0.4, -0.2) is 24.6 Å². The molecule has 0 unspecified atom stereocenters. The summed E-state index contributed by atoms with van der Waals surface area (Å²) in [6.45, 7) is 0. The fourth-order valence-corrected chi connectivity index (χ4v) is 3.11. The van der Waals surface area contributed by atoms with Gasteiger partial charge in [0, 0.05) is 34.7 Å². The molecule has 1 aromatic heterocycles. The Hall–Kier alpha value is -2.98. The van der Waals surface area contributed by atoms with Gasteiger partial charge in [0.1, 0.15) is 0 Å². The molecular formula is C15H10ClN5O4S. The molecule has 11 heteroatoms. The summed E-state index contributed by atoms with van der Waals surface area (Å²) in [5.41, 5.74) is -0.530. The van der Waals surface area contributed by atoms with E-state index in [-0.39, 0.29) is 22.8 Å². The van der Waals surface area contributed by atoms with E-state index in [0.717, 1.165) is 11.0 Å². The fraction of sp³-hybridized carbons (Fsp3) is 0.0667. The first-order valence-corrected chi connectivity index (χ1v) is 8.31. The van der Waals surface area contributed by atoms with Crippen LogP contribution in [-0.2, 0) is 7.05 Å². The van der Waals surface area contributed by atoms with Crippen LogP contribution in [0.5, 0.6) is 0 Å². The Kier molecular flexibility index (Phi) is 4.87. The molecule has 0 saturated carbocycles. The van der Waals surface area contributed by atoms with Crippen LogP contribution in [0.1, 0.15) is 0 Å². The van der Waals surface area contributed by atoms with Crippen LogP contribution in [0.2, 0.25) is 5.02 Å². The van der Waals surface area contributed by atoms with E-state index in [9.17, 15) is 20.2 Å². The first kappa shape index (κ1) is 17.8. The summed E-state index contributed by atoms with van der Waals surface area (Å²) < 4.78 is 1.61. The monoisotopic (exact) mass is 391 g/mol. The number of nitro groups is 2. The number of nitro benzene ring substituents is 2. The number of aromatic nitrogens is 3. The van der Waals surface area contributed by atoms with Crippen LogP contribution in [0.3, 0.4) is 0 Å². The van der Waals surface area contributed by atoms with E-state index in [4.69, 9.17) is 11.6 Å². The zero-order valence-corrected chi connectivity index (χ0v) is 14.8. The summed E-state index contributed by atoms with van der Waals surface area (Å²) in [6, 6.07) is 10.5. The maximum atomic E-state index is 11.0. The second-order valence-electron chi connectivity index (χ2n) is 5.17. The van der Waals surface area contributed by atoms with Crippen molar-refractivity contribution in [1.29, 1.82) is 0 Å². The van der Waals surface area contributed by atoms with Crippen LogP contribution >= 0.6 is 23.4 Å². The molecule has 3 aromatic rings. The van der Waals surface area contributed by atoms with Gasteiger partial charge in [0.15, 0.2) is 11.0 Å². The molecule has 2 aromatic carbocycles. The van der Waals surface area contributed by atoms with Crippen molar-refractivity contribution >= 4 is 34.7 Å². The normalized spacial score (nSPS) is 10.7. The van der Waals surface area contributed by atoms with Crippen molar-refractivity contribution in [2.75, 3.05) is 0 Å². The third-order valence-electron chi connectivity index (χ3n) is 3.44. The molecule has 132 valence electrons. The SMILES string of the molecule is Cn1c(Sc2ccc(Cl)cc2)nnc1-c1cc([N+](=O)[O-])cc([N+](=O)[O-])c1. The van der Waals surface area contributed by atoms with Gasteiger partial charge in [-0.25, -0.2) is 0 Å². The minimum absolute atomic E-state index is 0.240. The average molecular weight is 392 g/mol. The number of non-ortho nitro benzene ring substituents is 2. The number of nitrogens with zero attached hydrogens (tertiary/aromatic N) is 5. The Morgan fingerprint density at radius 2 is 1.58 bits per heavy atom. The highest BCUT2D eigenvalue weighted by Gasteiger charge is 2.20. The molecule has 3 rings (SSSR count). The summed E-state index contributed by atoms with van der Waals surface area (Å²) in [5, 5.41) is 31.3. The van der Waals surface area contributed by atoms with Crippen LogP contribution < -0.4 is 0 Å². The standard InChI is InChI=1S/C15H10ClN5O4S/c1-19-14(9-6-11(20(22)23)8-12(7-9)21(24)25)17-18-15(19)26-13-4-2-10(16)3-5-13/h2-8H,1H3. The molecule has 0 spiro atoms. The molecule has 0 amide bonds. The van der Waals surface area contributed by atoms with Crippen molar-refractivity contribution in [3.05, 3.63) is 67.7 Å². The van der Waals surface area contributed by atoms with E-state index >= 15 is 0 Å². The smallest absolute Gasteiger partial charge is 0.277 e. The fourth-order valence-electron chi connectivity index (χ4n) is 2.20. The molecule has 0 radical (unpaired) electrons. The zero-order valence-electron chi connectivity index (χ0n) is 13.2. The molecule has 9 nitrogen and oxygen atoms in total. The minimum atomic E-state index is -0.684. The number of halogens is 1. The van der Waals surface area contributed by atoms with Crippen LogP contribution in [0, 0.1) is 20.2 Å². The number of hydrogen-bond donors (Lipinski definition) is 0. The van der Waals surface area contributed by atoms with Crippen LogP contribution in [0.25, 0.3) is 11.4 Å². The van der Waals surface area contributed by atoms with Gasteiger partial charge in [-0.05, 0) is 36.0 Å². The maximum Gasteiger partial charge on any atom is 0.277 e. The first-order chi connectivity index (χ1) is 12.3. The van der Waals surface area contributed by atoms with Crippen molar-refractivity contribution in [3.63, 3.8) is 0 Å². The molecule has 26 heavy (non-hydrogen) atoms. The van der Waals surface area contributed by atoms with E-state index in [1.54, 1.807) is 23.7 Å². The van der Waals surface area contributed by atoms with Crippen LogP contribution in [0.15, 0.2) is 52.5 Å². The van der Waals surface area contributed by atoms with Gasteiger partial charge in [-0.3, -0.25) is 20.2 Å². The van der Waals surface area contributed by atoms with Crippen molar-refractivity contribution < 1.29 is 9.85 Å². The van der Waals surface area contributed by atoms with E-state index in [2.05, 4.69) is 10.2 Å². The maximum absolute atomic E-state index is 11.0. The molecule has 0 aliphatic carbocycles. The van der Waals surface area contributed by atoms with Gasteiger partial charge in [0.05, 0.1) is 15.9 Å². The van der Waals surface area contributed by atoms with Crippen molar-refractivity contribution in [2.24, 2.45) is 7.05 Å². The van der Waals surface area contributed by atoms with Crippen molar-refractivity contribution in [2.45, 2.75) is 10.1 Å². The second-order valence-corrected chi connectivity index (χ2v) is 6.65. The summed E-state index contributed by atoms with van der Waals surface area (Å²) in [6.07, 6.45) is 0. The second kappa shape index (κ2) is 7.10. The Morgan fingerprint density at radius 1 is 1.00 bits per heavy atom. The highest BCUT2D eigenvalue weighted by molar-refractivity contribution is 7.99. The van der Waals surface area contributed by atoms with Gasteiger partial charge in [-0.15, -0.1) is 10.2 Å². The number of rotatable bonds is 5. The third kappa shape index (κ3) is 3.65. The molecule has 1 heterocycles. The Morgan fingerprint density at radius 3 is 2.12 bits per heavy atom. The summed E-state index contributed by atoms with van der Waals surface area (Å²) in [4.78, 5) is 21.6. The summed E-state index contributed by atoms with van der Waals surface area (Å²) in [7, 11) is 1.68. The van der Waals surface area contributed by atoms with Gasteiger partial charge in [-0.1, -0.05) is 11.6 Å². The predicted octanol–water partition coefficient (Wildman–Crippen LogP) is 4.10. The van der Waals surface area contributed by atoms with E-state index in [0.29, 0.717) is 10.2 Å². The quantitative estimate of drug-likeness (QED) is 0.474. The lowest BCUT2D eigenvalue weighted by molar-refractivity contribution is -0.394. The van der Waals surface area contributed by atoms with E-state index < -0.39 is 9.85 Å². The topological polar surface area (TPSA) is 117 Å². The highest BCUT2D eigenvalue weighted by atomic mass is 35.5. The first-order valence-electron chi connectivity index (χ1n) is 7.12. The Labute approximate surface area is 155 Å². The molecule has 0 aliphatic heterocycles.